The third-order valence-electron chi connectivity index (χ3n) is 2.01. The van der Waals surface area contributed by atoms with E-state index in [0.29, 0.717) is 5.56 Å². The van der Waals surface area contributed by atoms with Crippen LogP contribution in [0.1, 0.15) is 18.6 Å². The third kappa shape index (κ3) is 3.99. The quantitative estimate of drug-likeness (QED) is 0.797. The summed E-state index contributed by atoms with van der Waals surface area (Å²) < 4.78 is 24.2. The first kappa shape index (κ1) is 12.2. The number of hydrogen-bond donors (Lipinski definition) is 2. The third-order valence-corrected chi connectivity index (χ3v) is 2.81. The lowest BCUT2D eigenvalue weighted by Crippen LogP contribution is -2.36. The highest BCUT2D eigenvalue weighted by Crippen LogP contribution is 2.16. The number of nitrogens with one attached hydrogen (secondary N) is 1. The van der Waals surface area contributed by atoms with Gasteiger partial charge in [-0.25, -0.2) is 13.1 Å². The number of benzene rings is 1. The molecule has 1 aromatic carbocycles. The molecule has 0 fully saturated rings. The number of aliphatic hydroxyl groups is 1. The van der Waals surface area contributed by atoms with Crippen LogP contribution in [0.3, 0.4) is 0 Å². The van der Waals surface area contributed by atoms with E-state index in [1.165, 1.54) is 0 Å². The van der Waals surface area contributed by atoms with Gasteiger partial charge in [-0.1, -0.05) is 30.3 Å². The lowest BCUT2D eigenvalue weighted by atomic mass is 10.0. The Kier molecular flexibility index (Phi) is 3.84. The summed E-state index contributed by atoms with van der Waals surface area (Å²) in [5.74, 6) is 0. The molecule has 0 bridgehead atoms. The molecule has 84 valence electrons. The molecule has 0 aliphatic heterocycles. The van der Waals surface area contributed by atoms with E-state index in [2.05, 4.69) is 4.72 Å². The van der Waals surface area contributed by atoms with Crippen LogP contribution in [0.25, 0.3) is 0 Å². The number of rotatable bonds is 4. The van der Waals surface area contributed by atoms with Gasteiger partial charge in [0.25, 0.3) is 0 Å². The van der Waals surface area contributed by atoms with Crippen molar-refractivity contribution in [2.45, 2.75) is 19.1 Å². The summed E-state index contributed by atoms with van der Waals surface area (Å²) in [6, 6.07) is 8.40. The Morgan fingerprint density at radius 1 is 1.27 bits per heavy atom. The largest absolute Gasteiger partial charge is 0.387 e. The summed E-state index contributed by atoms with van der Waals surface area (Å²) >= 11 is 0. The zero-order valence-corrected chi connectivity index (χ0v) is 9.53. The molecular weight excluding hydrogens is 214 g/mol. The fraction of sp³-hybridized carbons (Fsp3) is 0.400. The van der Waals surface area contributed by atoms with Crippen LogP contribution >= 0.6 is 0 Å². The van der Waals surface area contributed by atoms with Crippen LogP contribution < -0.4 is 4.72 Å². The van der Waals surface area contributed by atoms with Gasteiger partial charge in [0.05, 0.1) is 12.4 Å². The van der Waals surface area contributed by atoms with Crippen molar-refractivity contribution in [3.05, 3.63) is 35.9 Å². The first-order chi connectivity index (χ1) is 6.90. The lowest BCUT2D eigenvalue weighted by molar-refractivity contribution is 0.146. The molecule has 4 nitrogen and oxygen atoms in total. The Morgan fingerprint density at radius 3 is 2.27 bits per heavy atom. The summed E-state index contributed by atoms with van der Waals surface area (Å²) in [7, 11) is -3.29. The zero-order chi connectivity index (χ0) is 11.5. The van der Waals surface area contributed by atoms with Crippen molar-refractivity contribution >= 4 is 10.0 Å². The van der Waals surface area contributed by atoms with Crippen molar-refractivity contribution in [2.75, 3.05) is 6.26 Å². The molecule has 0 aliphatic rings. The summed E-state index contributed by atoms with van der Waals surface area (Å²) in [6.45, 7) is 1.62. The van der Waals surface area contributed by atoms with Gasteiger partial charge < -0.3 is 5.11 Å². The highest BCUT2D eigenvalue weighted by atomic mass is 32.2. The van der Waals surface area contributed by atoms with Gasteiger partial charge in [0.15, 0.2) is 0 Å². The molecule has 5 heteroatoms. The average Bonchev–Trinajstić information content (AvgIpc) is 2.15. The van der Waals surface area contributed by atoms with Crippen molar-refractivity contribution in [2.24, 2.45) is 0 Å². The SMILES string of the molecule is C[C@H](NS(C)(=O)=O)[C@H](O)c1ccccc1. The first-order valence-corrected chi connectivity index (χ1v) is 6.49. The van der Waals surface area contributed by atoms with Gasteiger partial charge in [0.1, 0.15) is 0 Å². The molecule has 0 unspecified atom stereocenters. The Labute approximate surface area is 90.0 Å². The maximum atomic E-state index is 11.0. The smallest absolute Gasteiger partial charge is 0.209 e. The summed E-state index contributed by atoms with van der Waals surface area (Å²) in [5, 5.41) is 9.83. The fourth-order valence-corrected chi connectivity index (χ4v) is 2.15. The molecule has 0 saturated carbocycles. The molecule has 0 aromatic heterocycles. The van der Waals surface area contributed by atoms with E-state index in [9.17, 15) is 13.5 Å². The van der Waals surface area contributed by atoms with Crippen molar-refractivity contribution in [3.63, 3.8) is 0 Å². The van der Waals surface area contributed by atoms with Gasteiger partial charge in [-0.05, 0) is 12.5 Å². The molecule has 0 radical (unpaired) electrons. The molecule has 1 aromatic rings. The molecule has 0 spiro atoms. The van der Waals surface area contributed by atoms with E-state index in [0.717, 1.165) is 6.26 Å². The molecule has 0 amide bonds. The summed E-state index contributed by atoms with van der Waals surface area (Å²) in [4.78, 5) is 0. The minimum atomic E-state index is -3.29. The fourth-order valence-electron chi connectivity index (χ4n) is 1.34. The summed E-state index contributed by atoms with van der Waals surface area (Å²) in [6.07, 6.45) is 0.238. The van der Waals surface area contributed by atoms with E-state index >= 15 is 0 Å². The second-order valence-electron chi connectivity index (χ2n) is 3.53. The van der Waals surface area contributed by atoms with E-state index in [1.54, 1.807) is 31.2 Å². The van der Waals surface area contributed by atoms with E-state index < -0.39 is 22.2 Å². The van der Waals surface area contributed by atoms with Gasteiger partial charge in [0, 0.05) is 6.04 Å². The number of sulfonamides is 1. The first-order valence-electron chi connectivity index (χ1n) is 4.60. The van der Waals surface area contributed by atoms with Crippen LogP contribution in [0.5, 0.6) is 0 Å². The second-order valence-corrected chi connectivity index (χ2v) is 5.31. The predicted octanol–water partition coefficient (Wildman–Crippen LogP) is 0.658. The highest BCUT2D eigenvalue weighted by molar-refractivity contribution is 7.88. The Bertz CT molecular complexity index is 402. The van der Waals surface area contributed by atoms with Crippen molar-refractivity contribution in [3.8, 4) is 0 Å². The summed E-state index contributed by atoms with van der Waals surface area (Å²) in [5.41, 5.74) is 0.696. The van der Waals surface area contributed by atoms with E-state index in [4.69, 9.17) is 0 Å². The molecule has 1 rings (SSSR count). The van der Waals surface area contributed by atoms with Gasteiger partial charge in [-0.2, -0.15) is 0 Å². The average molecular weight is 229 g/mol. The predicted molar refractivity (Wildman–Crippen MR) is 58.8 cm³/mol. The van der Waals surface area contributed by atoms with Crippen LogP contribution in [0, 0.1) is 0 Å². The molecule has 0 aliphatic carbocycles. The highest BCUT2D eigenvalue weighted by Gasteiger charge is 2.18. The van der Waals surface area contributed by atoms with Crippen molar-refractivity contribution in [1.82, 2.24) is 4.72 Å². The minimum absolute atomic E-state index is 0.539. The van der Waals surface area contributed by atoms with Gasteiger partial charge in [0.2, 0.25) is 10.0 Å². The number of aliphatic hydroxyl groups excluding tert-OH is 1. The van der Waals surface area contributed by atoms with Gasteiger partial charge in [-0.3, -0.25) is 0 Å². The molecule has 0 heterocycles. The van der Waals surface area contributed by atoms with Crippen LogP contribution in [0.2, 0.25) is 0 Å². The zero-order valence-electron chi connectivity index (χ0n) is 8.71. The Hall–Kier alpha value is -0.910. The normalized spacial score (nSPS) is 15.9. The molecular formula is C10H15NO3S. The van der Waals surface area contributed by atoms with Crippen molar-refractivity contribution < 1.29 is 13.5 Å². The van der Waals surface area contributed by atoms with Crippen LogP contribution in [-0.2, 0) is 10.0 Å². The second kappa shape index (κ2) is 4.74. The van der Waals surface area contributed by atoms with Crippen LogP contribution in [0.15, 0.2) is 30.3 Å². The maximum Gasteiger partial charge on any atom is 0.209 e. The number of hydrogen-bond acceptors (Lipinski definition) is 3. The van der Waals surface area contributed by atoms with Crippen LogP contribution in [0.4, 0.5) is 0 Å². The molecule has 15 heavy (non-hydrogen) atoms. The topological polar surface area (TPSA) is 66.4 Å². The maximum absolute atomic E-state index is 11.0. The van der Waals surface area contributed by atoms with Gasteiger partial charge in [-0.15, -0.1) is 0 Å². The molecule has 2 N–H and O–H groups in total. The Balaban J connectivity index is 2.73. The standard InChI is InChI=1S/C10H15NO3S/c1-8(11-15(2,13)14)10(12)9-6-4-3-5-7-9/h3-8,10-12H,1-2H3/t8-,10-/m0/s1. The Morgan fingerprint density at radius 2 is 1.80 bits per heavy atom. The van der Waals surface area contributed by atoms with E-state index in [-0.39, 0.29) is 0 Å². The van der Waals surface area contributed by atoms with Gasteiger partial charge >= 0.3 is 0 Å². The molecule has 2 atom stereocenters. The minimum Gasteiger partial charge on any atom is -0.387 e. The lowest BCUT2D eigenvalue weighted by Gasteiger charge is -2.19. The van der Waals surface area contributed by atoms with E-state index in [1.807, 2.05) is 6.07 Å². The monoisotopic (exact) mass is 229 g/mol. The van der Waals surface area contributed by atoms with Crippen molar-refractivity contribution in [1.29, 1.82) is 0 Å². The molecule has 0 saturated heterocycles. The van der Waals surface area contributed by atoms with Crippen LogP contribution in [-0.4, -0.2) is 25.8 Å².